The van der Waals surface area contributed by atoms with Gasteiger partial charge in [-0.2, -0.15) is 0 Å². The Bertz CT molecular complexity index is 319. The maximum atomic E-state index is 4.08. The Hall–Kier alpha value is -0.120. The highest BCUT2D eigenvalue weighted by Gasteiger charge is 2.12. The summed E-state index contributed by atoms with van der Waals surface area (Å²) in [5.74, 6) is 0. The summed E-state index contributed by atoms with van der Waals surface area (Å²) in [7, 11) is 0. The van der Waals surface area contributed by atoms with Crippen molar-refractivity contribution in [3.05, 3.63) is 32.9 Å². The van der Waals surface area contributed by atoms with Gasteiger partial charge in [0.25, 0.3) is 0 Å². The Balaban J connectivity index is 2.69. The first-order chi connectivity index (χ1) is 7.17. The van der Waals surface area contributed by atoms with Gasteiger partial charge in [-0.1, -0.05) is 26.0 Å². The second-order valence-corrected chi connectivity index (χ2v) is 5.89. The van der Waals surface area contributed by atoms with Crippen molar-refractivity contribution in [1.29, 1.82) is 0 Å². The molecule has 1 rings (SSSR count). The standard InChI is InChI=1S/C12H18BrNS/c1-4-9(3)6-11(14-5-2)10-7-12(13)15-8-10/h7-8,11,14H,3-6H2,1-2H3. The fourth-order valence-electron chi connectivity index (χ4n) is 1.49. The zero-order valence-corrected chi connectivity index (χ0v) is 11.7. The minimum atomic E-state index is 0.421. The van der Waals surface area contributed by atoms with Gasteiger partial charge < -0.3 is 5.32 Å². The number of rotatable bonds is 6. The lowest BCUT2D eigenvalue weighted by Crippen LogP contribution is -2.20. The van der Waals surface area contributed by atoms with E-state index in [0.717, 1.165) is 19.4 Å². The van der Waals surface area contributed by atoms with Crippen molar-refractivity contribution in [2.45, 2.75) is 32.7 Å². The summed E-state index contributed by atoms with van der Waals surface area (Å²) in [4.78, 5) is 0. The van der Waals surface area contributed by atoms with Crippen molar-refractivity contribution in [3.63, 3.8) is 0 Å². The van der Waals surface area contributed by atoms with E-state index < -0.39 is 0 Å². The molecule has 0 saturated heterocycles. The first-order valence-electron chi connectivity index (χ1n) is 5.31. The summed E-state index contributed by atoms with van der Waals surface area (Å²) in [5, 5.41) is 5.71. The molecule has 0 fully saturated rings. The highest BCUT2D eigenvalue weighted by atomic mass is 79.9. The SMILES string of the molecule is C=C(CC)CC(NCC)c1csc(Br)c1. The van der Waals surface area contributed by atoms with Gasteiger partial charge in [-0.3, -0.25) is 0 Å². The summed E-state index contributed by atoms with van der Waals surface area (Å²) in [6.45, 7) is 9.38. The van der Waals surface area contributed by atoms with Gasteiger partial charge in [0.05, 0.1) is 3.79 Å². The summed E-state index contributed by atoms with van der Waals surface area (Å²) < 4.78 is 1.20. The van der Waals surface area contributed by atoms with Crippen molar-refractivity contribution in [2.24, 2.45) is 0 Å². The van der Waals surface area contributed by atoms with Crippen LogP contribution in [0.3, 0.4) is 0 Å². The van der Waals surface area contributed by atoms with Crippen LogP contribution in [0, 0.1) is 0 Å². The molecule has 0 saturated carbocycles. The highest BCUT2D eigenvalue weighted by molar-refractivity contribution is 9.11. The molecule has 0 bridgehead atoms. The minimum Gasteiger partial charge on any atom is -0.310 e. The first kappa shape index (κ1) is 12.9. The topological polar surface area (TPSA) is 12.0 Å². The summed E-state index contributed by atoms with van der Waals surface area (Å²) in [5.41, 5.74) is 2.67. The molecule has 0 aliphatic carbocycles. The molecule has 0 aromatic carbocycles. The molecule has 0 aliphatic heterocycles. The second kappa shape index (κ2) is 6.46. The van der Waals surface area contributed by atoms with Crippen LogP contribution in [0.25, 0.3) is 0 Å². The smallest absolute Gasteiger partial charge is 0.0701 e. The first-order valence-corrected chi connectivity index (χ1v) is 6.98. The van der Waals surface area contributed by atoms with E-state index in [1.165, 1.54) is 14.9 Å². The zero-order valence-electron chi connectivity index (χ0n) is 9.35. The Morgan fingerprint density at radius 2 is 2.33 bits per heavy atom. The molecule has 1 heterocycles. The molecule has 0 amide bonds. The Labute approximate surface area is 105 Å². The molecule has 1 aromatic rings. The van der Waals surface area contributed by atoms with Crippen molar-refractivity contribution < 1.29 is 0 Å². The van der Waals surface area contributed by atoms with Crippen molar-refractivity contribution in [3.8, 4) is 0 Å². The monoisotopic (exact) mass is 287 g/mol. The Morgan fingerprint density at radius 1 is 1.60 bits per heavy atom. The van der Waals surface area contributed by atoms with Crippen LogP contribution in [0.1, 0.15) is 38.3 Å². The van der Waals surface area contributed by atoms with Gasteiger partial charge in [0, 0.05) is 6.04 Å². The van der Waals surface area contributed by atoms with Gasteiger partial charge in [0.15, 0.2) is 0 Å². The maximum Gasteiger partial charge on any atom is 0.0701 e. The van der Waals surface area contributed by atoms with Crippen molar-refractivity contribution in [2.75, 3.05) is 6.54 Å². The van der Waals surface area contributed by atoms with Gasteiger partial charge in [0.2, 0.25) is 0 Å². The van der Waals surface area contributed by atoms with E-state index in [1.807, 2.05) is 0 Å². The van der Waals surface area contributed by atoms with E-state index in [1.54, 1.807) is 11.3 Å². The van der Waals surface area contributed by atoms with Crippen LogP contribution >= 0.6 is 27.3 Å². The average molecular weight is 288 g/mol. The lowest BCUT2D eigenvalue weighted by atomic mass is 10.0. The molecule has 0 spiro atoms. The van der Waals surface area contributed by atoms with Crippen molar-refractivity contribution >= 4 is 27.3 Å². The highest BCUT2D eigenvalue weighted by Crippen LogP contribution is 2.28. The number of thiophene rings is 1. The molecule has 3 heteroatoms. The summed E-state index contributed by atoms with van der Waals surface area (Å²) >= 11 is 5.24. The number of nitrogens with one attached hydrogen (secondary N) is 1. The van der Waals surface area contributed by atoms with Crippen LogP contribution < -0.4 is 5.32 Å². The third kappa shape index (κ3) is 4.09. The average Bonchev–Trinajstić information content (AvgIpc) is 2.64. The van der Waals surface area contributed by atoms with E-state index in [-0.39, 0.29) is 0 Å². The number of hydrogen-bond acceptors (Lipinski definition) is 2. The lowest BCUT2D eigenvalue weighted by Gasteiger charge is -2.17. The molecule has 0 radical (unpaired) electrons. The van der Waals surface area contributed by atoms with E-state index in [2.05, 4.69) is 53.1 Å². The molecular weight excluding hydrogens is 270 g/mol. The minimum absolute atomic E-state index is 0.421. The Kier molecular flexibility index (Phi) is 5.58. The van der Waals surface area contributed by atoms with Gasteiger partial charge in [0.1, 0.15) is 0 Å². The molecular formula is C12H18BrNS. The molecule has 1 unspecified atom stereocenters. The molecule has 0 aliphatic rings. The summed E-state index contributed by atoms with van der Waals surface area (Å²) in [6.07, 6.45) is 2.10. The van der Waals surface area contributed by atoms with E-state index >= 15 is 0 Å². The predicted molar refractivity (Wildman–Crippen MR) is 72.5 cm³/mol. The number of hydrogen-bond donors (Lipinski definition) is 1. The molecule has 84 valence electrons. The van der Waals surface area contributed by atoms with E-state index in [0.29, 0.717) is 6.04 Å². The summed E-state index contributed by atoms with van der Waals surface area (Å²) in [6, 6.07) is 2.62. The lowest BCUT2D eigenvalue weighted by molar-refractivity contribution is 0.544. The van der Waals surface area contributed by atoms with Gasteiger partial charge in [-0.25, -0.2) is 0 Å². The third-order valence-corrected chi connectivity index (χ3v) is 3.96. The molecule has 15 heavy (non-hydrogen) atoms. The molecule has 1 atom stereocenters. The Morgan fingerprint density at radius 3 is 2.80 bits per heavy atom. The van der Waals surface area contributed by atoms with Crippen LogP contribution in [0.5, 0.6) is 0 Å². The van der Waals surface area contributed by atoms with Crippen LogP contribution in [0.15, 0.2) is 27.4 Å². The predicted octanol–water partition coefficient (Wildman–Crippen LogP) is 4.52. The van der Waals surface area contributed by atoms with Crippen LogP contribution in [0.2, 0.25) is 0 Å². The fraction of sp³-hybridized carbons (Fsp3) is 0.500. The normalized spacial score (nSPS) is 12.7. The van der Waals surface area contributed by atoms with E-state index in [4.69, 9.17) is 0 Å². The van der Waals surface area contributed by atoms with Gasteiger partial charge in [-0.15, -0.1) is 11.3 Å². The van der Waals surface area contributed by atoms with Gasteiger partial charge >= 0.3 is 0 Å². The zero-order chi connectivity index (χ0) is 11.3. The van der Waals surface area contributed by atoms with Crippen LogP contribution in [-0.2, 0) is 0 Å². The fourth-order valence-corrected chi connectivity index (χ4v) is 2.72. The maximum absolute atomic E-state index is 4.08. The quantitative estimate of drug-likeness (QED) is 0.759. The third-order valence-electron chi connectivity index (χ3n) is 2.43. The largest absolute Gasteiger partial charge is 0.310 e. The second-order valence-electron chi connectivity index (χ2n) is 3.60. The van der Waals surface area contributed by atoms with E-state index in [9.17, 15) is 0 Å². The molecule has 1 N–H and O–H groups in total. The van der Waals surface area contributed by atoms with Crippen molar-refractivity contribution in [1.82, 2.24) is 5.32 Å². The van der Waals surface area contributed by atoms with Gasteiger partial charge in [-0.05, 0) is 52.3 Å². The van der Waals surface area contributed by atoms with Crippen LogP contribution in [-0.4, -0.2) is 6.54 Å². The molecule has 1 aromatic heterocycles. The molecule has 1 nitrogen and oxygen atoms in total. The number of halogens is 1. The van der Waals surface area contributed by atoms with Crippen LogP contribution in [0.4, 0.5) is 0 Å².